The lowest BCUT2D eigenvalue weighted by molar-refractivity contribution is -0.120. The van der Waals surface area contributed by atoms with Crippen LogP contribution in [0.5, 0.6) is 0 Å². The zero-order valence-electron chi connectivity index (χ0n) is 10.8. The van der Waals surface area contributed by atoms with Crippen molar-refractivity contribution in [2.45, 2.75) is 6.92 Å². The van der Waals surface area contributed by atoms with Gasteiger partial charge in [-0.1, -0.05) is 0 Å². The number of hydrogen-bond donors (Lipinski definition) is 2. The third-order valence-corrected chi connectivity index (χ3v) is 3.43. The molecule has 0 unspecified atom stereocenters. The number of nitrogens with one attached hydrogen (secondary N) is 1. The van der Waals surface area contributed by atoms with E-state index < -0.39 is 0 Å². The van der Waals surface area contributed by atoms with Gasteiger partial charge in [-0.05, 0) is 25.1 Å². The van der Waals surface area contributed by atoms with Crippen molar-refractivity contribution in [1.82, 2.24) is 10.3 Å². The van der Waals surface area contributed by atoms with Crippen molar-refractivity contribution in [1.29, 1.82) is 0 Å². The summed E-state index contributed by atoms with van der Waals surface area (Å²) >= 11 is 0. The Hall–Kier alpha value is -2.30. The van der Waals surface area contributed by atoms with Gasteiger partial charge in [0.25, 0.3) is 0 Å². The van der Waals surface area contributed by atoms with Crippen LogP contribution in [0.3, 0.4) is 0 Å². The average Bonchev–Trinajstić information content (AvgIpc) is 2.39. The van der Waals surface area contributed by atoms with Gasteiger partial charge in [-0.2, -0.15) is 0 Å². The summed E-state index contributed by atoms with van der Waals surface area (Å²) in [6.45, 7) is 3.83. The largest absolute Gasteiger partial charge is 0.398 e. The smallest absolute Gasteiger partial charge is 0.239 e. The molecule has 0 spiro atoms. The molecule has 1 fully saturated rings. The Balaban J connectivity index is 2.15. The fourth-order valence-corrected chi connectivity index (χ4v) is 2.47. The number of nitrogens with zero attached hydrogens (tertiary/aromatic N) is 2. The van der Waals surface area contributed by atoms with E-state index in [9.17, 15) is 4.79 Å². The van der Waals surface area contributed by atoms with E-state index in [1.165, 1.54) is 0 Å². The van der Waals surface area contributed by atoms with E-state index in [4.69, 9.17) is 5.73 Å². The van der Waals surface area contributed by atoms with Crippen LogP contribution in [0.15, 0.2) is 24.4 Å². The highest BCUT2D eigenvalue weighted by atomic mass is 16.2. The third-order valence-electron chi connectivity index (χ3n) is 3.43. The van der Waals surface area contributed by atoms with Gasteiger partial charge in [0.15, 0.2) is 0 Å². The zero-order valence-corrected chi connectivity index (χ0v) is 10.8. The zero-order chi connectivity index (χ0) is 13.4. The molecule has 0 atom stereocenters. The molecule has 0 bridgehead atoms. The Bertz CT molecular complexity index is 653. The number of amides is 1. The average molecular weight is 256 g/mol. The summed E-state index contributed by atoms with van der Waals surface area (Å²) in [7, 11) is 0. The molecular formula is C14H16N4O. The van der Waals surface area contributed by atoms with Crippen molar-refractivity contribution in [2.75, 3.05) is 30.3 Å². The van der Waals surface area contributed by atoms with Gasteiger partial charge >= 0.3 is 0 Å². The Morgan fingerprint density at radius 2 is 2.21 bits per heavy atom. The predicted molar refractivity (Wildman–Crippen MR) is 76.1 cm³/mol. The normalized spacial score (nSPS) is 15.6. The first-order chi connectivity index (χ1) is 9.15. The first-order valence-corrected chi connectivity index (χ1v) is 6.31. The second-order valence-electron chi connectivity index (χ2n) is 4.82. The molecule has 1 aromatic heterocycles. The van der Waals surface area contributed by atoms with Crippen LogP contribution >= 0.6 is 0 Å². The lowest BCUT2D eigenvalue weighted by Crippen LogP contribution is -2.47. The first kappa shape index (κ1) is 11.8. The highest BCUT2D eigenvalue weighted by Gasteiger charge is 2.18. The molecule has 1 aromatic carbocycles. The lowest BCUT2D eigenvalue weighted by atomic mass is 10.1. The van der Waals surface area contributed by atoms with Crippen LogP contribution < -0.4 is 16.0 Å². The van der Waals surface area contributed by atoms with Gasteiger partial charge in [0, 0.05) is 47.1 Å². The number of carbonyl (C=O) groups is 1. The molecule has 3 N–H and O–H groups in total. The van der Waals surface area contributed by atoms with Gasteiger partial charge in [0.05, 0.1) is 6.54 Å². The number of rotatable bonds is 1. The van der Waals surface area contributed by atoms with Gasteiger partial charge in [-0.3, -0.25) is 9.78 Å². The number of benzene rings is 1. The maximum Gasteiger partial charge on any atom is 0.239 e. The predicted octanol–water partition coefficient (Wildman–Crippen LogP) is 1.06. The van der Waals surface area contributed by atoms with Crippen molar-refractivity contribution in [3.8, 4) is 0 Å². The molecule has 0 radical (unpaired) electrons. The summed E-state index contributed by atoms with van der Waals surface area (Å²) in [5, 5.41) is 4.83. The third kappa shape index (κ3) is 2.07. The van der Waals surface area contributed by atoms with E-state index >= 15 is 0 Å². The monoisotopic (exact) mass is 256 g/mol. The van der Waals surface area contributed by atoms with E-state index in [2.05, 4.69) is 15.2 Å². The lowest BCUT2D eigenvalue weighted by Gasteiger charge is -2.29. The second-order valence-corrected chi connectivity index (χ2v) is 4.82. The molecule has 19 heavy (non-hydrogen) atoms. The van der Waals surface area contributed by atoms with E-state index in [-0.39, 0.29) is 5.91 Å². The van der Waals surface area contributed by atoms with Gasteiger partial charge in [0.2, 0.25) is 5.91 Å². The minimum Gasteiger partial charge on any atom is -0.398 e. The molecule has 0 aliphatic carbocycles. The molecule has 98 valence electrons. The van der Waals surface area contributed by atoms with Crippen LogP contribution in [-0.4, -0.2) is 30.5 Å². The number of nitrogens with two attached hydrogens (primary N) is 1. The molecule has 1 saturated heterocycles. The van der Waals surface area contributed by atoms with Crippen LogP contribution in [0.4, 0.5) is 11.4 Å². The molecule has 0 saturated carbocycles. The Kier molecular flexibility index (Phi) is 2.74. The number of pyridine rings is 1. The molecule has 1 amide bonds. The molecule has 1 aliphatic rings. The number of aromatic nitrogens is 1. The van der Waals surface area contributed by atoms with E-state index in [1.54, 1.807) is 6.20 Å². The summed E-state index contributed by atoms with van der Waals surface area (Å²) < 4.78 is 0. The minimum atomic E-state index is 0.0574. The maximum atomic E-state index is 11.5. The van der Waals surface area contributed by atoms with E-state index in [0.29, 0.717) is 18.8 Å². The fourth-order valence-electron chi connectivity index (χ4n) is 2.47. The molecule has 5 nitrogen and oxygen atoms in total. The van der Waals surface area contributed by atoms with Crippen molar-refractivity contribution >= 4 is 28.1 Å². The number of hydrogen-bond acceptors (Lipinski definition) is 4. The molecule has 5 heteroatoms. The SMILES string of the molecule is Cc1cc2c(N3CCNC(=O)C3)ccc(N)c2cn1. The highest BCUT2D eigenvalue weighted by Crippen LogP contribution is 2.31. The summed E-state index contributed by atoms with van der Waals surface area (Å²) in [5.74, 6) is 0.0574. The Morgan fingerprint density at radius 3 is 3.00 bits per heavy atom. The first-order valence-electron chi connectivity index (χ1n) is 6.31. The minimum absolute atomic E-state index is 0.0574. The van der Waals surface area contributed by atoms with Crippen molar-refractivity contribution in [3.63, 3.8) is 0 Å². The molecule has 1 aliphatic heterocycles. The Labute approximate surface area is 111 Å². The van der Waals surface area contributed by atoms with Crippen molar-refractivity contribution in [3.05, 3.63) is 30.1 Å². The highest BCUT2D eigenvalue weighted by molar-refractivity contribution is 6.02. The van der Waals surface area contributed by atoms with E-state index in [0.717, 1.165) is 28.7 Å². The summed E-state index contributed by atoms with van der Waals surface area (Å²) in [6, 6.07) is 5.88. The number of piperazine rings is 1. The van der Waals surface area contributed by atoms with Gasteiger partial charge in [-0.25, -0.2) is 0 Å². The summed E-state index contributed by atoms with van der Waals surface area (Å²) in [4.78, 5) is 17.9. The molecular weight excluding hydrogens is 240 g/mol. The number of nitrogen functional groups attached to an aromatic ring is 1. The molecule has 2 aromatic rings. The van der Waals surface area contributed by atoms with Crippen molar-refractivity contribution < 1.29 is 4.79 Å². The van der Waals surface area contributed by atoms with Crippen LogP contribution in [-0.2, 0) is 4.79 Å². The van der Waals surface area contributed by atoms with Crippen molar-refractivity contribution in [2.24, 2.45) is 0 Å². The summed E-state index contributed by atoms with van der Waals surface area (Å²) in [5.41, 5.74) is 8.70. The molecule has 3 rings (SSSR count). The Morgan fingerprint density at radius 1 is 1.37 bits per heavy atom. The van der Waals surface area contributed by atoms with Gasteiger partial charge in [-0.15, -0.1) is 0 Å². The van der Waals surface area contributed by atoms with Gasteiger partial charge < -0.3 is 16.0 Å². The standard InChI is InChI=1S/C14H16N4O/c1-9-6-10-11(7-17-9)12(15)2-3-13(10)18-5-4-16-14(19)8-18/h2-3,6-7H,4-5,8,15H2,1H3,(H,16,19). The number of carbonyl (C=O) groups excluding carboxylic acids is 1. The topological polar surface area (TPSA) is 71.2 Å². The van der Waals surface area contributed by atoms with Crippen LogP contribution in [0.25, 0.3) is 10.8 Å². The van der Waals surface area contributed by atoms with Gasteiger partial charge in [0.1, 0.15) is 0 Å². The number of anilines is 2. The van der Waals surface area contributed by atoms with Crippen LogP contribution in [0, 0.1) is 6.92 Å². The summed E-state index contributed by atoms with van der Waals surface area (Å²) in [6.07, 6.45) is 1.80. The molecule has 2 heterocycles. The second kappa shape index (κ2) is 4.42. The van der Waals surface area contributed by atoms with E-state index in [1.807, 2.05) is 25.1 Å². The maximum absolute atomic E-state index is 11.5. The number of aryl methyl sites for hydroxylation is 1. The number of fused-ring (bicyclic) bond motifs is 1. The quantitative estimate of drug-likeness (QED) is 0.748. The van der Waals surface area contributed by atoms with Crippen LogP contribution in [0.2, 0.25) is 0 Å². The van der Waals surface area contributed by atoms with Crippen LogP contribution in [0.1, 0.15) is 5.69 Å². The fraction of sp³-hybridized carbons (Fsp3) is 0.286.